The molecule has 1 saturated heterocycles. The summed E-state index contributed by atoms with van der Waals surface area (Å²) in [5, 5.41) is 0.139. The molecule has 0 N–H and O–H groups in total. The molecule has 4 heteroatoms. The highest BCUT2D eigenvalue weighted by atomic mass is 32.2. The summed E-state index contributed by atoms with van der Waals surface area (Å²) < 4.78 is 0. The zero-order chi connectivity index (χ0) is 14.8. The lowest BCUT2D eigenvalue weighted by Crippen LogP contribution is -2.47. The van der Waals surface area contributed by atoms with Gasteiger partial charge >= 0.3 is 0 Å². The summed E-state index contributed by atoms with van der Waals surface area (Å²) in [7, 11) is 0. The zero-order valence-electron chi connectivity index (χ0n) is 13.1. The van der Waals surface area contributed by atoms with Crippen LogP contribution in [0.4, 0.5) is 0 Å². The van der Waals surface area contributed by atoms with Crippen molar-refractivity contribution in [1.29, 1.82) is 0 Å². The van der Waals surface area contributed by atoms with E-state index in [1.165, 1.54) is 11.8 Å². The van der Waals surface area contributed by atoms with Crippen LogP contribution in [0.3, 0.4) is 0 Å². The molecule has 1 atom stereocenters. The van der Waals surface area contributed by atoms with Gasteiger partial charge < -0.3 is 4.90 Å². The van der Waals surface area contributed by atoms with Crippen molar-refractivity contribution in [2.75, 3.05) is 12.3 Å². The van der Waals surface area contributed by atoms with Gasteiger partial charge in [0.1, 0.15) is 0 Å². The topological polar surface area (TPSA) is 37.4 Å². The van der Waals surface area contributed by atoms with Crippen molar-refractivity contribution in [1.82, 2.24) is 4.90 Å². The maximum Gasteiger partial charge on any atom is 0.223 e. The molecule has 0 aliphatic carbocycles. The van der Waals surface area contributed by atoms with Gasteiger partial charge in [-0.25, -0.2) is 0 Å². The number of thioether (sulfide) groups is 1. The minimum Gasteiger partial charge on any atom is -0.337 e. The van der Waals surface area contributed by atoms with Crippen LogP contribution in [0.5, 0.6) is 0 Å². The van der Waals surface area contributed by atoms with Crippen LogP contribution in [0.1, 0.15) is 54.4 Å². The van der Waals surface area contributed by atoms with Crippen LogP contribution in [-0.4, -0.2) is 33.8 Å². The number of nitrogens with zero attached hydrogens (tertiary/aromatic N) is 1. The average Bonchev–Trinajstić information content (AvgIpc) is 2.53. The van der Waals surface area contributed by atoms with E-state index in [4.69, 9.17) is 0 Å². The molecule has 0 radical (unpaired) electrons. The summed E-state index contributed by atoms with van der Waals surface area (Å²) in [5.74, 6) is 1.33. The Morgan fingerprint density at radius 1 is 1.32 bits per heavy atom. The summed E-state index contributed by atoms with van der Waals surface area (Å²) in [6.07, 6.45) is 1.58. The molecule has 0 bridgehead atoms. The highest BCUT2D eigenvalue weighted by Crippen LogP contribution is 2.35. The third kappa shape index (κ3) is 5.17. The number of rotatable bonds is 4. The van der Waals surface area contributed by atoms with Crippen LogP contribution in [-0.2, 0) is 9.59 Å². The van der Waals surface area contributed by atoms with Crippen molar-refractivity contribution in [2.45, 2.75) is 59.9 Å². The molecule has 19 heavy (non-hydrogen) atoms. The monoisotopic (exact) mass is 285 g/mol. The molecular weight excluding hydrogens is 258 g/mol. The largest absolute Gasteiger partial charge is 0.337 e. The third-order valence-corrected chi connectivity index (χ3v) is 4.47. The first-order valence-electron chi connectivity index (χ1n) is 6.95. The number of amides is 1. The molecule has 1 aliphatic rings. The molecule has 1 heterocycles. The van der Waals surface area contributed by atoms with Crippen molar-refractivity contribution >= 4 is 22.8 Å². The molecule has 0 aromatic rings. The van der Waals surface area contributed by atoms with Crippen molar-refractivity contribution < 1.29 is 9.59 Å². The van der Waals surface area contributed by atoms with E-state index in [1.807, 2.05) is 4.90 Å². The van der Waals surface area contributed by atoms with Gasteiger partial charge in [0.05, 0.1) is 0 Å². The second kappa shape index (κ2) is 5.86. The fourth-order valence-electron chi connectivity index (χ4n) is 3.11. The molecule has 3 nitrogen and oxygen atoms in total. The molecule has 0 saturated carbocycles. The van der Waals surface area contributed by atoms with E-state index < -0.39 is 0 Å². The molecule has 1 fully saturated rings. The van der Waals surface area contributed by atoms with Gasteiger partial charge in [-0.15, -0.1) is 0 Å². The smallest absolute Gasteiger partial charge is 0.223 e. The van der Waals surface area contributed by atoms with Crippen LogP contribution in [0, 0.1) is 11.3 Å². The summed E-state index contributed by atoms with van der Waals surface area (Å²) in [5.41, 5.74) is 0.0982. The fourth-order valence-corrected chi connectivity index (χ4v) is 3.80. The molecule has 110 valence electrons. The van der Waals surface area contributed by atoms with Gasteiger partial charge in [0.2, 0.25) is 5.91 Å². The van der Waals surface area contributed by atoms with Gasteiger partial charge in [-0.2, -0.15) is 0 Å². The predicted octanol–water partition coefficient (Wildman–Crippen LogP) is 3.33. The van der Waals surface area contributed by atoms with Crippen LogP contribution in [0.15, 0.2) is 0 Å². The Balaban J connectivity index is 2.64. The predicted molar refractivity (Wildman–Crippen MR) is 81.1 cm³/mol. The Bertz CT molecular complexity index is 358. The van der Waals surface area contributed by atoms with Crippen molar-refractivity contribution in [3.8, 4) is 0 Å². The summed E-state index contributed by atoms with van der Waals surface area (Å²) in [4.78, 5) is 25.2. The van der Waals surface area contributed by atoms with Gasteiger partial charge in [0.25, 0.3) is 0 Å². The van der Waals surface area contributed by atoms with Gasteiger partial charge in [0, 0.05) is 31.2 Å². The lowest BCUT2D eigenvalue weighted by atomic mass is 9.81. The number of likely N-dealkylation sites (tertiary alicyclic amines) is 1. The molecule has 1 unspecified atom stereocenters. The summed E-state index contributed by atoms with van der Waals surface area (Å²) in [6, 6.07) is 0. The Morgan fingerprint density at radius 3 is 2.37 bits per heavy atom. The molecule has 0 spiro atoms. The minimum absolute atomic E-state index is 0.106. The van der Waals surface area contributed by atoms with E-state index in [9.17, 15) is 9.59 Å². The van der Waals surface area contributed by atoms with E-state index in [-0.39, 0.29) is 22.0 Å². The number of hydrogen-bond acceptors (Lipinski definition) is 3. The SMILES string of the molecule is CC(=O)SCC1CC(=O)N(C(C)(C)CC(C)(C)C)C1. The van der Waals surface area contributed by atoms with E-state index in [0.717, 1.165) is 18.7 Å². The van der Waals surface area contributed by atoms with Crippen LogP contribution in [0.2, 0.25) is 0 Å². The summed E-state index contributed by atoms with van der Waals surface area (Å²) in [6.45, 7) is 13.3. The Hall–Kier alpha value is -0.510. The number of carbonyl (C=O) groups excluding carboxylic acids is 2. The first-order valence-corrected chi connectivity index (χ1v) is 7.94. The first kappa shape index (κ1) is 16.5. The molecule has 1 amide bonds. The van der Waals surface area contributed by atoms with Crippen LogP contribution in [0.25, 0.3) is 0 Å². The quantitative estimate of drug-likeness (QED) is 0.795. The second-order valence-electron chi connectivity index (χ2n) is 7.43. The lowest BCUT2D eigenvalue weighted by molar-refractivity contribution is -0.133. The van der Waals surface area contributed by atoms with Gasteiger partial charge in [0.15, 0.2) is 5.12 Å². The normalized spacial score (nSPS) is 21.1. The molecule has 1 rings (SSSR count). The van der Waals surface area contributed by atoms with E-state index >= 15 is 0 Å². The molecule has 0 aromatic heterocycles. The average molecular weight is 285 g/mol. The maximum absolute atomic E-state index is 12.2. The zero-order valence-corrected chi connectivity index (χ0v) is 13.9. The third-order valence-electron chi connectivity index (χ3n) is 3.42. The van der Waals surface area contributed by atoms with Crippen molar-refractivity contribution in [3.63, 3.8) is 0 Å². The van der Waals surface area contributed by atoms with Crippen LogP contribution >= 0.6 is 11.8 Å². The Kier molecular flexibility index (Phi) is 5.10. The van der Waals surface area contributed by atoms with E-state index in [1.54, 1.807) is 6.92 Å². The molecular formula is C15H27NO2S. The van der Waals surface area contributed by atoms with Gasteiger partial charge in [-0.1, -0.05) is 32.5 Å². The van der Waals surface area contributed by atoms with Crippen LogP contribution < -0.4 is 0 Å². The Morgan fingerprint density at radius 2 is 1.89 bits per heavy atom. The minimum atomic E-state index is -0.106. The molecule has 0 aromatic carbocycles. The second-order valence-corrected chi connectivity index (χ2v) is 8.62. The highest BCUT2D eigenvalue weighted by molar-refractivity contribution is 8.13. The number of carbonyl (C=O) groups is 2. The van der Waals surface area contributed by atoms with Gasteiger partial charge in [-0.3, -0.25) is 9.59 Å². The fraction of sp³-hybridized carbons (Fsp3) is 0.867. The standard InChI is InChI=1S/C15H27NO2S/c1-11(17)19-9-12-7-13(18)16(8-12)15(5,6)10-14(2,3)4/h12H,7-10H2,1-6H3. The number of hydrogen-bond donors (Lipinski definition) is 0. The van der Waals surface area contributed by atoms with Crippen molar-refractivity contribution in [2.24, 2.45) is 11.3 Å². The first-order chi connectivity index (χ1) is 8.51. The highest BCUT2D eigenvalue weighted by Gasteiger charge is 2.40. The van der Waals surface area contributed by atoms with E-state index in [2.05, 4.69) is 34.6 Å². The summed E-state index contributed by atoms with van der Waals surface area (Å²) >= 11 is 1.34. The maximum atomic E-state index is 12.2. The van der Waals surface area contributed by atoms with Gasteiger partial charge in [-0.05, 0) is 31.6 Å². The molecule has 1 aliphatic heterocycles. The lowest BCUT2D eigenvalue weighted by Gasteiger charge is -2.40. The van der Waals surface area contributed by atoms with E-state index in [0.29, 0.717) is 12.3 Å². The Labute approximate surface area is 121 Å². The van der Waals surface area contributed by atoms with Crippen molar-refractivity contribution in [3.05, 3.63) is 0 Å².